The van der Waals surface area contributed by atoms with E-state index in [2.05, 4.69) is 81.9 Å². The molecule has 1 heterocycles. The summed E-state index contributed by atoms with van der Waals surface area (Å²) < 4.78 is 0. The highest BCUT2D eigenvalue weighted by Crippen LogP contribution is 2.17. The molecule has 1 N–H and O–H groups in total. The van der Waals surface area contributed by atoms with Gasteiger partial charge in [-0.3, -0.25) is 10.4 Å². The number of nitrogens with one attached hydrogen (secondary N) is 1. The number of hydrogen-bond acceptors (Lipinski definition) is 4. The Bertz CT molecular complexity index is 720. The van der Waals surface area contributed by atoms with Gasteiger partial charge < -0.3 is 4.90 Å². The standard InChI is InChI=1S/C22H28N4/c1-2-26(18-20-9-5-3-6-10-20)21-14-12-19(13-15-21)17-24-25-22-11-7-4-8-16-23-22/h3,5-6,9-10,12-15,17H,2,4,7-8,11,16,18H2,1H3,(H,23,25)/b24-17+. The summed E-state index contributed by atoms with van der Waals surface area (Å²) in [5.74, 6) is 1.01. The van der Waals surface area contributed by atoms with Crippen LogP contribution in [-0.2, 0) is 6.54 Å². The molecule has 0 aromatic heterocycles. The van der Waals surface area contributed by atoms with Gasteiger partial charge in [-0.2, -0.15) is 5.10 Å². The first-order valence-electron chi connectivity index (χ1n) is 9.56. The largest absolute Gasteiger partial charge is 0.367 e. The SMILES string of the molecule is CCN(Cc1ccccc1)c1ccc(/C=N/NC2=NCCCCC2)cc1. The Labute approximate surface area is 156 Å². The molecule has 2 aromatic carbocycles. The van der Waals surface area contributed by atoms with Crippen LogP contribution in [0.15, 0.2) is 64.7 Å². The van der Waals surface area contributed by atoms with Gasteiger partial charge in [-0.25, -0.2) is 0 Å². The fourth-order valence-electron chi connectivity index (χ4n) is 3.11. The molecule has 2 aromatic rings. The average Bonchev–Trinajstić information content (AvgIpc) is 2.96. The molecule has 26 heavy (non-hydrogen) atoms. The molecule has 0 aliphatic carbocycles. The lowest BCUT2D eigenvalue weighted by atomic mass is 10.1. The quantitative estimate of drug-likeness (QED) is 0.612. The fourth-order valence-corrected chi connectivity index (χ4v) is 3.11. The van der Waals surface area contributed by atoms with E-state index in [-0.39, 0.29) is 0 Å². The van der Waals surface area contributed by atoms with Crippen molar-refractivity contribution >= 4 is 17.7 Å². The molecule has 0 amide bonds. The maximum absolute atomic E-state index is 4.53. The lowest BCUT2D eigenvalue weighted by Crippen LogP contribution is -2.21. The first-order valence-corrected chi connectivity index (χ1v) is 9.56. The van der Waals surface area contributed by atoms with E-state index in [1.54, 1.807) is 0 Å². The van der Waals surface area contributed by atoms with Crippen molar-refractivity contribution in [2.24, 2.45) is 10.1 Å². The normalized spacial score (nSPS) is 14.7. The van der Waals surface area contributed by atoms with E-state index in [0.29, 0.717) is 0 Å². The molecule has 1 aliphatic heterocycles. The Hall–Kier alpha value is -2.62. The van der Waals surface area contributed by atoms with Crippen molar-refractivity contribution in [3.8, 4) is 0 Å². The number of benzene rings is 2. The molecule has 0 radical (unpaired) electrons. The van der Waals surface area contributed by atoms with Crippen molar-refractivity contribution in [2.75, 3.05) is 18.0 Å². The summed E-state index contributed by atoms with van der Waals surface area (Å²) in [6, 6.07) is 19.1. The first kappa shape index (κ1) is 18.2. The second kappa shape index (κ2) is 9.76. The molecule has 4 nitrogen and oxygen atoms in total. The zero-order valence-corrected chi connectivity index (χ0v) is 15.6. The van der Waals surface area contributed by atoms with Crippen LogP contribution in [0.1, 0.15) is 43.7 Å². The summed E-state index contributed by atoms with van der Waals surface area (Å²) in [6.45, 7) is 5.01. The third-order valence-electron chi connectivity index (χ3n) is 4.64. The Morgan fingerprint density at radius 3 is 2.62 bits per heavy atom. The first-order chi connectivity index (χ1) is 12.8. The third kappa shape index (κ3) is 5.45. The number of aliphatic imine (C=N–C) groups is 1. The number of hydrogen-bond donors (Lipinski definition) is 1. The molecule has 0 spiro atoms. The van der Waals surface area contributed by atoms with Gasteiger partial charge in [0, 0.05) is 31.7 Å². The molecule has 0 bridgehead atoms. The zero-order chi connectivity index (χ0) is 18.0. The number of nitrogens with zero attached hydrogens (tertiary/aromatic N) is 3. The lowest BCUT2D eigenvalue weighted by molar-refractivity contribution is 0.729. The van der Waals surface area contributed by atoms with Gasteiger partial charge in [0.05, 0.1) is 6.21 Å². The van der Waals surface area contributed by atoms with Gasteiger partial charge in [0.25, 0.3) is 0 Å². The summed E-state index contributed by atoms with van der Waals surface area (Å²) >= 11 is 0. The van der Waals surface area contributed by atoms with Crippen molar-refractivity contribution in [2.45, 2.75) is 39.2 Å². The monoisotopic (exact) mass is 348 g/mol. The van der Waals surface area contributed by atoms with Crippen LogP contribution in [0.4, 0.5) is 5.69 Å². The van der Waals surface area contributed by atoms with Crippen LogP contribution in [0, 0.1) is 0 Å². The van der Waals surface area contributed by atoms with Crippen LogP contribution in [0.5, 0.6) is 0 Å². The second-order valence-corrected chi connectivity index (χ2v) is 6.60. The molecular formula is C22H28N4. The van der Waals surface area contributed by atoms with Gasteiger partial charge in [0.15, 0.2) is 0 Å². The molecule has 0 saturated carbocycles. The Kier molecular flexibility index (Phi) is 6.82. The van der Waals surface area contributed by atoms with Gasteiger partial charge in [0.2, 0.25) is 0 Å². The average molecular weight is 348 g/mol. The van der Waals surface area contributed by atoms with Gasteiger partial charge in [-0.05, 0) is 43.0 Å². The number of rotatable bonds is 6. The van der Waals surface area contributed by atoms with Crippen molar-refractivity contribution < 1.29 is 0 Å². The van der Waals surface area contributed by atoms with E-state index in [4.69, 9.17) is 0 Å². The predicted octanol–water partition coefficient (Wildman–Crippen LogP) is 4.61. The van der Waals surface area contributed by atoms with Crippen LogP contribution in [0.25, 0.3) is 0 Å². The summed E-state index contributed by atoms with van der Waals surface area (Å²) in [4.78, 5) is 6.90. The van der Waals surface area contributed by atoms with Gasteiger partial charge >= 0.3 is 0 Å². The highest BCUT2D eigenvalue weighted by Gasteiger charge is 2.05. The Balaban J connectivity index is 1.58. The number of anilines is 1. The smallest absolute Gasteiger partial charge is 0.117 e. The molecule has 136 valence electrons. The van der Waals surface area contributed by atoms with Crippen molar-refractivity contribution in [3.05, 3.63) is 65.7 Å². The van der Waals surface area contributed by atoms with Crippen molar-refractivity contribution in [1.29, 1.82) is 0 Å². The number of hydrazone groups is 1. The van der Waals surface area contributed by atoms with E-state index in [0.717, 1.165) is 37.5 Å². The molecule has 0 atom stereocenters. The highest BCUT2D eigenvalue weighted by atomic mass is 15.3. The highest BCUT2D eigenvalue weighted by molar-refractivity contribution is 5.85. The zero-order valence-electron chi connectivity index (χ0n) is 15.6. The Morgan fingerprint density at radius 2 is 1.85 bits per heavy atom. The minimum Gasteiger partial charge on any atom is -0.367 e. The van der Waals surface area contributed by atoms with E-state index in [1.807, 2.05) is 6.21 Å². The molecule has 0 unspecified atom stereocenters. The summed E-state index contributed by atoms with van der Waals surface area (Å²) in [6.07, 6.45) is 6.51. The van der Waals surface area contributed by atoms with Crippen molar-refractivity contribution in [1.82, 2.24) is 5.43 Å². The topological polar surface area (TPSA) is 40.0 Å². The van der Waals surface area contributed by atoms with Gasteiger partial charge in [-0.15, -0.1) is 0 Å². The maximum atomic E-state index is 4.53. The second-order valence-electron chi connectivity index (χ2n) is 6.60. The van der Waals surface area contributed by atoms with Crippen LogP contribution < -0.4 is 10.3 Å². The molecular weight excluding hydrogens is 320 g/mol. The summed E-state index contributed by atoms with van der Waals surface area (Å²) in [7, 11) is 0. The molecule has 4 heteroatoms. The predicted molar refractivity (Wildman–Crippen MR) is 111 cm³/mol. The van der Waals surface area contributed by atoms with Crippen LogP contribution >= 0.6 is 0 Å². The Morgan fingerprint density at radius 1 is 1.04 bits per heavy atom. The van der Waals surface area contributed by atoms with Crippen LogP contribution in [0.3, 0.4) is 0 Å². The van der Waals surface area contributed by atoms with E-state index >= 15 is 0 Å². The molecule has 0 saturated heterocycles. The summed E-state index contributed by atoms with van der Waals surface area (Å²) in [5, 5.41) is 4.35. The lowest BCUT2D eigenvalue weighted by Gasteiger charge is -2.23. The van der Waals surface area contributed by atoms with Gasteiger partial charge in [-0.1, -0.05) is 48.9 Å². The molecule has 1 aliphatic rings. The maximum Gasteiger partial charge on any atom is 0.117 e. The van der Waals surface area contributed by atoms with Crippen molar-refractivity contribution in [3.63, 3.8) is 0 Å². The summed E-state index contributed by atoms with van der Waals surface area (Å²) in [5.41, 5.74) is 6.75. The fraction of sp³-hybridized carbons (Fsp3) is 0.364. The minimum atomic E-state index is 0.917. The third-order valence-corrected chi connectivity index (χ3v) is 4.64. The minimum absolute atomic E-state index is 0.917. The van der Waals surface area contributed by atoms with Crippen LogP contribution in [0.2, 0.25) is 0 Å². The van der Waals surface area contributed by atoms with Crippen LogP contribution in [-0.4, -0.2) is 25.1 Å². The van der Waals surface area contributed by atoms with Gasteiger partial charge in [0.1, 0.15) is 5.84 Å². The molecule has 3 rings (SSSR count). The van der Waals surface area contributed by atoms with E-state index in [1.165, 1.54) is 30.5 Å². The van der Waals surface area contributed by atoms with E-state index < -0.39 is 0 Å². The molecule has 0 fully saturated rings. The van der Waals surface area contributed by atoms with E-state index in [9.17, 15) is 0 Å². The number of amidine groups is 1.